The lowest BCUT2D eigenvalue weighted by molar-refractivity contribution is -0.115. The molecule has 3 aromatic rings. The molecule has 3 aromatic carbocycles. The fourth-order valence-electron chi connectivity index (χ4n) is 3.40. The average molecular weight is 419 g/mol. The number of nitrogens with zero attached hydrogens (tertiary/aromatic N) is 1. The third-order valence-corrected chi connectivity index (χ3v) is 6.17. The number of methoxy groups -OCH3 is 1. The van der Waals surface area contributed by atoms with Crippen LogP contribution < -0.4 is 15.0 Å². The molecule has 1 N–H and O–H groups in total. The maximum Gasteiger partial charge on any atom is 0.255 e. The third kappa shape index (κ3) is 4.19. The van der Waals surface area contributed by atoms with Gasteiger partial charge in [-0.25, -0.2) is 0 Å². The van der Waals surface area contributed by atoms with Gasteiger partial charge in [0.25, 0.3) is 5.91 Å². The van der Waals surface area contributed by atoms with Crippen LogP contribution in [0.2, 0.25) is 0 Å². The summed E-state index contributed by atoms with van der Waals surface area (Å²) in [5.74, 6) is 1.08. The summed E-state index contributed by atoms with van der Waals surface area (Å²) in [7, 11) is 1.59. The molecule has 30 heavy (non-hydrogen) atoms. The molecule has 0 radical (unpaired) electrons. The van der Waals surface area contributed by atoms with Crippen LogP contribution in [-0.2, 0) is 4.79 Å². The Labute approximate surface area is 180 Å². The molecular weight excluding hydrogens is 396 g/mol. The molecule has 6 heteroatoms. The average Bonchev–Trinajstić information content (AvgIpc) is 3.15. The number of rotatable bonds is 5. The van der Waals surface area contributed by atoms with Crippen molar-refractivity contribution in [3.63, 3.8) is 0 Å². The van der Waals surface area contributed by atoms with Crippen LogP contribution in [0.4, 0.5) is 11.4 Å². The molecule has 5 nitrogen and oxygen atoms in total. The van der Waals surface area contributed by atoms with Crippen molar-refractivity contribution in [2.24, 2.45) is 0 Å². The minimum Gasteiger partial charge on any atom is -0.497 e. The molecule has 2 amide bonds. The highest BCUT2D eigenvalue weighted by molar-refractivity contribution is 8.00. The zero-order chi connectivity index (χ0) is 21.1. The zero-order valence-electron chi connectivity index (χ0n) is 16.8. The lowest BCUT2D eigenvalue weighted by Gasteiger charge is -2.25. The van der Waals surface area contributed by atoms with E-state index in [0.29, 0.717) is 22.8 Å². The van der Waals surface area contributed by atoms with E-state index < -0.39 is 0 Å². The first-order valence-corrected chi connectivity index (χ1v) is 10.7. The number of hydrogen-bond acceptors (Lipinski definition) is 4. The van der Waals surface area contributed by atoms with Gasteiger partial charge in [0, 0.05) is 16.9 Å². The summed E-state index contributed by atoms with van der Waals surface area (Å²) >= 11 is 1.61. The number of hydrogen-bond donors (Lipinski definition) is 1. The van der Waals surface area contributed by atoms with Crippen LogP contribution in [0.5, 0.6) is 5.75 Å². The molecule has 0 saturated carbocycles. The Hall–Kier alpha value is -3.25. The molecule has 0 bridgehead atoms. The molecule has 0 aliphatic carbocycles. The summed E-state index contributed by atoms with van der Waals surface area (Å²) in [6.45, 7) is 2.02. The minimum atomic E-state index is -0.183. The van der Waals surface area contributed by atoms with E-state index in [1.165, 1.54) is 0 Å². The van der Waals surface area contributed by atoms with Gasteiger partial charge in [-0.2, -0.15) is 0 Å². The summed E-state index contributed by atoms with van der Waals surface area (Å²) in [6.07, 6.45) is 0. The third-order valence-electron chi connectivity index (χ3n) is 4.95. The highest BCUT2D eigenvalue weighted by atomic mass is 32.2. The normalized spacial score (nSPS) is 15.9. The maximum absolute atomic E-state index is 12.5. The molecule has 1 fully saturated rings. The van der Waals surface area contributed by atoms with E-state index >= 15 is 0 Å². The number of carbonyl (C=O) groups excluding carboxylic acids is 2. The van der Waals surface area contributed by atoms with Gasteiger partial charge in [0.05, 0.1) is 12.9 Å². The number of nitrogens with one attached hydrogen (secondary N) is 1. The lowest BCUT2D eigenvalue weighted by atomic mass is 10.1. The van der Waals surface area contributed by atoms with E-state index in [2.05, 4.69) is 5.32 Å². The fourth-order valence-corrected chi connectivity index (χ4v) is 4.58. The smallest absolute Gasteiger partial charge is 0.255 e. The zero-order valence-corrected chi connectivity index (χ0v) is 17.6. The van der Waals surface area contributed by atoms with Gasteiger partial charge in [0.1, 0.15) is 11.1 Å². The first-order valence-electron chi connectivity index (χ1n) is 9.61. The topological polar surface area (TPSA) is 58.6 Å². The van der Waals surface area contributed by atoms with Crippen LogP contribution in [0.25, 0.3) is 0 Å². The first kappa shape index (κ1) is 20.0. The standard InChI is InChI=1S/C24H22N2O3S/c1-16-4-3-5-20(14-16)26-22(27)15-30-24(26)18-6-10-19(11-7-18)25-23(28)17-8-12-21(29-2)13-9-17/h3-14,24H,15H2,1-2H3,(H,25,28). The molecule has 4 rings (SSSR count). The van der Waals surface area contributed by atoms with Gasteiger partial charge in [-0.15, -0.1) is 11.8 Å². The minimum absolute atomic E-state index is 0.0781. The number of thioether (sulfide) groups is 1. The predicted octanol–water partition coefficient (Wildman–Crippen LogP) is 5.03. The van der Waals surface area contributed by atoms with Crippen molar-refractivity contribution < 1.29 is 14.3 Å². The van der Waals surface area contributed by atoms with Gasteiger partial charge < -0.3 is 10.1 Å². The molecule has 1 atom stereocenters. The summed E-state index contributed by atoms with van der Waals surface area (Å²) in [6, 6.07) is 22.6. The Balaban J connectivity index is 1.49. The number of amides is 2. The molecule has 1 heterocycles. The molecule has 0 spiro atoms. The highest BCUT2D eigenvalue weighted by Crippen LogP contribution is 2.42. The summed E-state index contributed by atoms with van der Waals surface area (Å²) in [5, 5.41) is 2.83. The quantitative estimate of drug-likeness (QED) is 0.631. The Morgan fingerprint density at radius 1 is 1.07 bits per heavy atom. The van der Waals surface area contributed by atoms with Crippen molar-refractivity contribution >= 4 is 35.0 Å². The predicted molar refractivity (Wildman–Crippen MR) is 121 cm³/mol. The van der Waals surface area contributed by atoms with Crippen LogP contribution in [-0.4, -0.2) is 24.7 Å². The van der Waals surface area contributed by atoms with Crippen molar-refractivity contribution in [3.05, 3.63) is 89.5 Å². The highest BCUT2D eigenvalue weighted by Gasteiger charge is 2.34. The van der Waals surface area contributed by atoms with Gasteiger partial charge in [-0.05, 0) is 66.6 Å². The van der Waals surface area contributed by atoms with E-state index in [1.54, 1.807) is 43.1 Å². The van der Waals surface area contributed by atoms with Crippen molar-refractivity contribution in [3.8, 4) is 5.75 Å². The van der Waals surface area contributed by atoms with E-state index in [9.17, 15) is 9.59 Å². The Kier molecular flexibility index (Phi) is 5.77. The van der Waals surface area contributed by atoms with Gasteiger partial charge in [0.2, 0.25) is 5.91 Å². The Morgan fingerprint density at radius 3 is 2.47 bits per heavy atom. The Morgan fingerprint density at radius 2 is 1.80 bits per heavy atom. The second-order valence-electron chi connectivity index (χ2n) is 7.07. The van der Waals surface area contributed by atoms with Crippen molar-refractivity contribution in [2.75, 3.05) is 23.1 Å². The number of aryl methyl sites for hydroxylation is 1. The number of anilines is 2. The van der Waals surface area contributed by atoms with E-state index in [-0.39, 0.29) is 17.2 Å². The summed E-state index contributed by atoms with van der Waals surface area (Å²) < 4.78 is 5.12. The number of benzene rings is 3. The van der Waals surface area contributed by atoms with Crippen molar-refractivity contribution in [1.82, 2.24) is 0 Å². The molecule has 1 unspecified atom stereocenters. The second-order valence-corrected chi connectivity index (χ2v) is 8.14. The Bertz CT molecular complexity index is 1060. The van der Waals surface area contributed by atoms with E-state index in [1.807, 2.05) is 60.4 Å². The molecule has 152 valence electrons. The molecular formula is C24H22N2O3S. The van der Waals surface area contributed by atoms with E-state index in [0.717, 1.165) is 16.8 Å². The van der Waals surface area contributed by atoms with Gasteiger partial charge in [-0.3, -0.25) is 14.5 Å². The van der Waals surface area contributed by atoms with Crippen LogP contribution in [0.15, 0.2) is 72.8 Å². The maximum atomic E-state index is 12.5. The molecule has 1 saturated heterocycles. The van der Waals surface area contributed by atoms with Crippen molar-refractivity contribution in [2.45, 2.75) is 12.3 Å². The van der Waals surface area contributed by atoms with Crippen molar-refractivity contribution in [1.29, 1.82) is 0 Å². The van der Waals surface area contributed by atoms with Crippen LogP contribution in [0.3, 0.4) is 0 Å². The summed E-state index contributed by atoms with van der Waals surface area (Å²) in [4.78, 5) is 26.8. The molecule has 1 aliphatic heterocycles. The van der Waals surface area contributed by atoms with Gasteiger partial charge in [-0.1, -0.05) is 24.3 Å². The SMILES string of the molecule is COc1ccc(C(=O)Nc2ccc(C3SCC(=O)N3c3cccc(C)c3)cc2)cc1. The van der Waals surface area contributed by atoms with Crippen LogP contribution >= 0.6 is 11.8 Å². The fraction of sp³-hybridized carbons (Fsp3) is 0.167. The van der Waals surface area contributed by atoms with Crippen LogP contribution in [0.1, 0.15) is 26.9 Å². The second kappa shape index (κ2) is 8.63. The lowest BCUT2D eigenvalue weighted by Crippen LogP contribution is -2.27. The first-order chi connectivity index (χ1) is 14.5. The summed E-state index contributed by atoms with van der Waals surface area (Å²) in [5.41, 5.74) is 4.31. The van der Waals surface area contributed by atoms with E-state index in [4.69, 9.17) is 4.74 Å². The number of ether oxygens (including phenoxy) is 1. The largest absolute Gasteiger partial charge is 0.497 e. The van der Waals surface area contributed by atoms with Gasteiger partial charge >= 0.3 is 0 Å². The molecule has 0 aromatic heterocycles. The number of carbonyl (C=O) groups is 2. The molecule has 1 aliphatic rings. The monoisotopic (exact) mass is 418 g/mol. The van der Waals surface area contributed by atoms with Crippen LogP contribution in [0, 0.1) is 6.92 Å². The van der Waals surface area contributed by atoms with Gasteiger partial charge in [0.15, 0.2) is 0 Å².